The maximum Gasteiger partial charge on any atom is 0.522 e. The third kappa shape index (κ3) is 4.62. The Morgan fingerprint density at radius 1 is 1.36 bits per heavy atom. The minimum absolute atomic E-state index is 0.279. The number of hydrogen-bond acceptors (Lipinski definition) is 5. The average molecular weight is 393 g/mol. The van der Waals surface area contributed by atoms with Crippen LogP contribution in [0.1, 0.15) is 5.56 Å². The molecule has 146 valence electrons. The number of carbonyl (C=O) groups is 1. The quantitative estimate of drug-likeness (QED) is 0.620. The van der Waals surface area contributed by atoms with E-state index in [2.05, 4.69) is 19.7 Å². The number of ether oxygens (including phenoxy) is 1. The number of carbonyl (C=O) groups excluding carboxylic acids is 1. The van der Waals surface area contributed by atoms with Crippen LogP contribution in [0.3, 0.4) is 0 Å². The van der Waals surface area contributed by atoms with Gasteiger partial charge in [0.05, 0.1) is 18.5 Å². The van der Waals surface area contributed by atoms with Crippen LogP contribution in [-0.4, -0.2) is 38.4 Å². The molecule has 0 spiro atoms. The van der Waals surface area contributed by atoms with Gasteiger partial charge in [-0.25, -0.2) is 9.97 Å². The lowest BCUT2D eigenvalue weighted by Gasteiger charge is -2.10. The van der Waals surface area contributed by atoms with Crippen molar-refractivity contribution in [3.8, 4) is 11.3 Å². The topological polar surface area (TPSA) is 116 Å². The number of nitrogens with zero attached hydrogens (tertiary/aromatic N) is 3. The molecule has 0 fully saturated rings. The van der Waals surface area contributed by atoms with E-state index < -0.39 is 24.4 Å². The number of nitrogens with two attached hydrogens (primary N) is 1. The van der Waals surface area contributed by atoms with E-state index in [1.165, 1.54) is 36.7 Å². The molecule has 0 saturated carbocycles. The van der Waals surface area contributed by atoms with E-state index in [-0.39, 0.29) is 6.54 Å². The van der Waals surface area contributed by atoms with E-state index in [0.717, 1.165) is 4.57 Å². The molecule has 1 amide bonds. The Morgan fingerprint density at radius 3 is 2.86 bits per heavy atom. The lowest BCUT2D eigenvalue weighted by atomic mass is 10.2. The number of aromatic amines is 1. The molecule has 3 heterocycles. The van der Waals surface area contributed by atoms with Crippen molar-refractivity contribution in [3.63, 3.8) is 0 Å². The van der Waals surface area contributed by atoms with Gasteiger partial charge in [0.15, 0.2) is 5.65 Å². The number of fused-ring (bicyclic) bond motifs is 1. The Morgan fingerprint density at radius 2 is 2.14 bits per heavy atom. The fraction of sp³-hybridized carbons (Fsp3) is 0.176. The molecule has 11 heteroatoms. The van der Waals surface area contributed by atoms with Gasteiger partial charge in [0.25, 0.3) is 5.56 Å². The molecule has 0 saturated heterocycles. The number of pyridine rings is 1. The van der Waals surface area contributed by atoms with Gasteiger partial charge in [-0.3, -0.25) is 14.3 Å². The Bertz CT molecular complexity index is 1100. The molecule has 0 aliphatic rings. The molecule has 0 atom stereocenters. The molecule has 0 aliphatic carbocycles. The minimum atomic E-state index is -4.76. The fourth-order valence-corrected chi connectivity index (χ4v) is 2.47. The van der Waals surface area contributed by atoms with Crippen LogP contribution >= 0.6 is 0 Å². The van der Waals surface area contributed by atoms with Crippen molar-refractivity contribution in [3.05, 3.63) is 52.7 Å². The molecule has 3 rings (SSSR count). The summed E-state index contributed by atoms with van der Waals surface area (Å²) in [6, 6.07) is 2.71. The third-order valence-electron chi connectivity index (χ3n) is 3.71. The Kier molecular flexibility index (Phi) is 5.27. The van der Waals surface area contributed by atoms with Gasteiger partial charge in [-0.05, 0) is 12.1 Å². The SMILES string of the molecule is NC(=O)/C=C/c1c[nH]c2ncc(-c3ccc(=O)n(CCOC(F)(F)F)c3)nc12. The van der Waals surface area contributed by atoms with Crippen molar-refractivity contribution in [1.29, 1.82) is 0 Å². The van der Waals surface area contributed by atoms with Gasteiger partial charge in [-0.2, -0.15) is 0 Å². The summed E-state index contributed by atoms with van der Waals surface area (Å²) in [6.45, 7) is -0.976. The highest BCUT2D eigenvalue weighted by molar-refractivity contribution is 5.93. The zero-order valence-corrected chi connectivity index (χ0v) is 14.2. The predicted octanol–water partition coefficient (Wildman–Crippen LogP) is 1.82. The van der Waals surface area contributed by atoms with Crippen LogP contribution in [0, 0.1) is 0 Å². The van der Waals surface area contributed by atoms with Crippen LogP contribution in [0.5, 0.6) is 0 Å². The monoisotopic (exact) mass is 393 g/mol. The van der Waals surface area contributed by atoms with Gasteiger partial charge in [0, 0.05) is 42.2 Å². The molecule has 8 nitrogen and oxygen atoms in total. The maximum absolute atomic E-state index is 12.1. The second kappa shape index (κ2) is 7.64. The summed E-state index contributed by atoms with van der Waals surface area (Å²) in [5, 5.41) is 0. The highest BCUT2D eigenvalue weighted by atomic mass is 19.4. The van der Waals surface area contributed by atoms with E-state index >= 15 is 0 Å². The summed E-state index contributed by atoms with van der Waals surface area (Å²) in [7, 11) is 0. The van der Waals surface area contributed by atoms with Crippen LogP contribution < -0.4 is 11.3 Å². The number of alkyl halides is 3. The molecule has 0 bridgehead atoms. The third-order valence-corrected chi connectivity index (χ3v) is 3.71. The smallest absolute Gasteiger partial charge is 0.366 e. The highest BCUT2D eigenvalue weighted by Gasteiger charge is 2.28. The average Bonchev–Trinajstić information content (AvgIpc) is 3.02. The lowest BCUT2D eigenvalue weighted by Crippen LogP contribution is -2.24. The molecule has 0 aromatic carbocycles. The number of nitrogens with one attached hydrogen (secondary N) is 1. The first-order valence-electron chi connectivity index (χ1n) is 7.96. The molecule has 3 N–H and O–H groups in total. The molecule has 3 aromatic rings. The second-order valence-corrected chi connectivity index (χ2v) is 5.68. The Hall–Kier alpha value is -3.47. The summed E-state index contributed by atoms with van der Waals surface area (Å²) in [5.41, 5.74) is 7.00. The Labute approximate surface area is 155 Å². The fourth-order valence-electron chi connectivity index (χ4n) is 2.47. The van der Waals surface area contributed by atoms with E-state index in [1.54, 1.807) is 6.20 Å². The van der Waals surface area contributed by atoms with Crippen LogP contribution in [0.4, 0.5) is 13.2 Å². The zero-order valence-electron chi connectivity index (χ0n) is 14.2. The number of primary amides is 1. The number of H-pyrrole nitrogens is 1. The van der Waals surface area contributed by atoms with Crippen molar-refractivity contribution in [2.45, 2.75) is 12.9 Å². The van der Waals surface area contributed by atoms with Gasteiger partial charge in [0.2, 0.25) is 5.91 Å². The van der Waals surface area contributed by atoms with Crippen molar-refractivity contribution < 1.29 is 22.7 Å². The summed E-state index contributed by atoms with van der Waals surface area (Å²) in [4.78, 5) is 34.3. The maximum atomic E-state index is 12.1. The van der Waals surface area contributed by atoms with Crippen LogP contribution in [0.25, 0.3) is 28.5 Å². The molecule has 0 radical (unpaired) electrons. The van der Waals surface area contributed by atoms with E-state index in [0.29, 0.717) is 28.0 Å². The normalized spacial score (nSPS) is 12.1. The number of hydrogen-bond donors (Lipinski definition) is 2. The first kappa shape index (κ1) is 19.3. The van der Waals surface area contributed by atoms with Crippen molar-refractivity contribution in [1.82, 2.24) is 19.5 Å². The van der Waals surface area contributed by atoms with Crippen molar-refractivity contribution >= 4 is 23.1 Å². The predicted molar refractivity (Wildman–Crippen MR) is 93.8 cm³/mol. The molecule has 0 unspecified atom stereocenters. The van der Waals surface area contributed by atoms with Gasteiger partial charge >= 0.3 is 6.36 Å². The molecule has 0 aliphatic heterocycles. The van der Waals surface area contributed by atoms with Crippen molar-refractivity contribution in [2.24, 2.45) is 5.73 Å². The number of amides is 1. The number of halogens is 3. The van der Waals surface area contributed by atoms with E-state index in [4.69, 9.17) is 5.73 Å². The first-order chi connectivity index (χ1) is 13.2. The van der Waals surface area contributed by atoms with E-state index in [9.17, 15) is 22.8 Å². The van der Waals surface area contributed by atoms with Gasteiger partial charge < -0.3 is 15.3 Å². The number of rotatable bonds is 6. The molecular formula is C17H14F3N5O3. The van der Waals surface area contributed by atoms with Crippen LogP contribution in [0.2, 0.25) is 0 Å². The second-order valence-electron chi connectivity index (χ2n) is 5.68. The molecule has 3 aromatic heterocycles. The number of aromatic nitrogens is 4. The van der Waals surface area contributed by atoms with Gasteiger partial charge in [0.1, 0.15) is 5.52 Å². The Balaban J connectivity index is 1.91. The largest absolute Gasteiger partial charge is 0.522 e. The van der Waals surface area contributed by atoms with Crippen LogP contribution in [-0.2, 0) is 16.1 Å². The standard InChI is InChI=1S/C17H14F3N5O3/c18-17(19,20)28-6-5-25-9-11(2-4-14(25)27)12-8-23-16-15(24-12)10(7-22-16)1-3-13(21)26/h1-4,7-9H,5-6H2,(H2,21,26)(H,22,23)/b3-1+. The first-order valence-corrected chi connectivity index (χ1v) is 7.96. The minimum Gasteiger partial charge on any atom is -0.366 e. The lowest BCUT2D eigenvalue weighted by molar-refractivity contribution is -0.325. The van der Waals surface area contributed by atoms with Crippen molar-refractivity contribution in [2.75, 3.05) is 6.61 Å². The molecular weight excluding hydrogens is 379 g/mol. The summed E-state index contributed by atoms with van der Waals surface area (Å²) in [5.74, 6) is -0.619. The van der Waals surface area contributed by atoms with Gasteiger partial charge in [-0.1, -0.05) is 0 Å². The van der Waals surface area contributed by atoms with E-state index in [1.807, 2.05) is 0 Å². The summed E-state index contributed by atoms with van der Waals surface area (Å²) >= 11 is 0. The summed E-state index contributed by atoms with van der Waals surface area (Å²) < 4.78 is 41.1. The highest BCUT2D eigenvalue weighted by Crippen LogP contribution is 2.21. The molecule has 28 heavy (non-hydrogen) atoms. The van der Waals surface area contributed by atoms with Crippen LogP contribution in [0.15, 0.2) is 41.6 Å². The zero-order chi connectivity index (χ0) is 20.3. The van der Waals surface area contributed by atoms with Gasteiger partial charge in [-0.15, -0.1) is 13.2 Å². The summed E-state index contributed by atoms with van der Waals surface area (Å²) in [6.07, 6.45) is 2.33.